The van der Waals surface area contributed by atoms with Crippen LogP contribution >= 0.6 is 23.2 Å². The lowest BCUT2D eigenvalue weighted by Crippen LogP contribution is -2.35. The minimum absolute atomic E-state index is 0.00979. The number of ether oxygens (including phenoxy) is 1. The molecule has 1 atom stereocenters. The Morgan fingerprint density at radius 2 is 1.73 bits per heavy atom. The summed E-state index contributed by atoms with van der Waals surface area (Å²) in [5.74, 6) is -1.05. The Labute approximate surface area is 226 Å². The average molecular weight is 539 g/mol. The molecule has 6 nitrogen and oxygen atoms in total. The fourth-order valence-electron chi connectivity index (χ4n) is 4.28. The van der Waals surface area contributed by atoms with E-state index in [0.29, 0.717) is 46.6 Å². The number of aliphatic hydroxyl groups is 1. The smallest absolute Gasteiger partial charge is 0.295 e. The Kier molecular flexibility index (Phi) is 8.22. The van der Waals surface area contributed by atoms with E-state index in [0.717, 1.165) is 11.1 Å². The molecule has 0 spiro atoms. The molecule has 1 fully saturated rings. The molecule has 1 aliphatic rings. The third kappa shape index (κ3) is 5.99. The predicted molar refractivity (Wildman–Crippen MR) is 146 cm³/mol. The number of likely N-dealkylation sites (tertiary alicyclic amines) is 1. The number of carbonyl (C=O) groups excluding carboxylic acids is 2. The molecule has 0 radical (unpaired) electrons. The van der Waals surface area contributed by atoms with Gasteiger partial charge in [0.05, 0.1) is 21.7 Å². The van der Waals surface area contributed by atoms with E-state index < -0.39 is 17.7 Å². The van der Waals surface area contributed by atoms with Crippen molar-refractivity contribution in [2.24, 2.45) is 0 Å². The summed E-state index contributed by atoms with van der Waals surface area (Å²) in [5, 5.41) is 11.9. The van der Waals surface area contributed by atoms with Crippen LogP contribution in [0.1, 0.15) is 28.3 Å². The van der Waals surface area contributed by atoms with Crippen LogP contribution in [-0.4, -0.2) is 53.8 Å². The van der Waals surface area contributed by atoms with Crippen molar-refractivity contribution in [3.05, 3.63) is 105 Å². The second-order valence-corrected chi connectivity index (χ2v) is 10.1. The zero-order chi connectivity index (χ0) is 26.7. The van der Waals surface area contributed by atoms with Crippen molar-refractivity contribution < 1.29 is 19.4 Å². The fourth-order valence-corrected chi connectivity index (χ4v) is 4.59. The molecule has 4 rings (SSSR count). The van der Waals surface area contributed by atoms with Gasteiger partial charge in [0.1, 0.15) is 18.1 Å². The van der Waals surface area contributed by atoms with E-state index in [9.17, 15) is 14.7 Å². The number of amides is 1. The van der Waals surface area contributed by atoms with E-state index in [1.54, 1.807) is 42.5 Å². The molecule has 1 heterocycles. The molecule has 0 bridgehead atoms. The lowest BCUT2D eigenvalue weighted by Gasteiger charge is -2.26. The Bertz CT molecular complexity index is 1350. The minimum atomic E-state index is -0.799. The number of carbonyl (C=O) groups is 2. The maximum Gasteiger partial charge on any atom is 0.295 e. The van der Waals surface area contributed by atoms with Crippen LogP contribution in [0.4, 0.5) is 0 Å². The molecule has 37 heavy (non-hydrogen) atoms. The van der Waals surface area contributed by atoms with Gasteiger partial charge in [0.15, 0.2) is 0 Å². The maximum atomic E-state index is 13.2. The van der Waals surface area contributed by atoms with Crippen LogP contribution in [0.15, 0.2) is 72.3 Å². The number of Topliss-reactive ketones (excluding diaryl/α,β-unsaturated/α-hetero) is 1. The fraction of sp³-hybridized carbons (Fsp3) is 0.241. The quantitative estimate of drug-likeness (QED) is 0.221. The average Bonchev–Trinajstić information content (AvgIpc) is 3.12. The zero-order valence-corrected chi connectivity index (χ0v) is 22.4. The van der Waals surface area contributed by atoms with Crippen molar-refractivity contribution in [1.82, 2.24) is 9.80 Å². The maximum absolute atomic E-state index is 13.2. The summed E-state index contributed by atoms with van der Waals surface area (Å²) in [4.78, 5) is 29.6. The molecular weight excluding hydrogens is 511 g/mol. The molecule has 8 heteroatoms. The van der Waals surface area contributed by atoms with Crippen LogP contribution in [0.3, 0.4) is 0 Å². The van der Waals surface area contributed by atoms with Crippen LogP contribution in [0.25, 0.3) is 5.76 Å². The van der Waals surface area contributed by atoms with Crippen LogP contribution in [0.2, 0.25) is 10.0 Å². The van der Waals surface area contributed by atoms with Crippen molar-refractivity contribution in [3.63, 3.8) is 0 Å². The van der Waals surface area contributed by atoms with E-state index in [1.165, 1.54) is 4.90 Å². The number of hydrogen-bond donors (Lipinski definition) is 1. The van der Waals surface area contributed by atoms with Gasteiger partial charge in [-0.15, -0.1) is 0 Å². The summed E-state index contributed by atoms with van der Waals surface area (Å²) in [6, 6.07) is 19.0. The lowest BCUT2D eigenvalue weighted by molar-refractivity contribution is -0.140. The lowest BCUT2D eigenvalue weighted by atomic mass is 9.95. The Balaban J connectivity index is 1.66. The monoisotopic (exact) mass is 538 g/mol. The number of aryl methyl sites for hydroxylation is 1. The van der Waals surface area contributed by atoms with E-state index in [4.69, 9.17) is 27.9 Å². The number of nitrogens with zero attached hydrogens (tertiary/aromatic N) is 2. The predicted octanol–water partition coefficient (Wildman–Crippen LogP) is 5.86. The Morgan fingerprint density at radius 3 is 2.38 bits per heavy atom. The molecule has 192 valence electrons. The van der Waals surface area contributed by atoms with E-state index in [1.807, 2.05) is 44.1 Å². The van der Waals surface area contributed by atoms with Gasteiger partial charge < -0.3 is 19.6 Å². The topological polar surface area (TPSA) is 70.1 Å². The summed E-state index contributed by atoms with van der Waals surface area (Å²) >= 11 is 12.4. The van der Waals surface area contributed by atoms with Gasteiger partial charge in [-0.1, -0.05) is 59.1 Å². The highest BCUT2D eigenvalue weighted by atomic mass is 35.5. The normalized spacial score (nSPS) is 17.0. The van der Waals surface area contributed by atoms with Gasteiger partial charge in [-0.05, 0) is 68.5 Å². The standard InChI is InChI=1S/C29H28Cl2N2O4/c1-18-5-4-6-19(15-18)17-37-22-10-7-20(8-11-22)27(34)25-26(21-9-12-23(30)24(31)16-21)33(14-13-32(2)3)29(36)28(25)35/h4-12,15-16,26,34H,13-14,17H2,1-3H3/t26-/m1/s1. The van der Waals surface area contributed by atoms with Crippen LogP contribution in [0, 0.1) is 6.92 Å². The highest BCUT2D eigenvalue weighted by molar-refractivity contribution is 6.46. The van der Waals surface area contributed by atoms with Crippen LogP contribution < -0.4 is 4.74 Å². The number of hydrogen-bond acceptors (Lipinski definition) is 5. The van der Waals surface area contributed by atoms with Crippen molar-refractivity contribution in [1.29, 1.82) is 0 Å². The molecule has 1 aliphatic heterocycles. The molecular formula is C29H28Cl2N2O4. The highest BCUT2D eigenvalue weighted by Crippen LogP contribution is 2.41. The number of aliphatic hydroxyl groups excluding tert-OH is 1. The van der Waals surface area contributed by atoms with Gasteiger partial charge in [-0.25, -0.2) is 0 Å². The second-order valence-electron chi connectivity index (χ2n) is 9.27. The molecule has 0 aliphatic carbocycles. The summed E-state index contributed by atoms with van der Waals surface area (Å²) in [5.41, 5.74) is 3.20. The van der Waals surface area contributed by atoms with Gasteiger partial charge in [0, 0.05) is 18.7 Å². The van der Waals surface area contributed by atoms with Gasteiger partial charge in [-0.3, -0.25) is 9.59 Å². The van der Waals surface area contributed by atoms with Gasteiger partial charge in [-0.2, -0.15) is 0 Å². The second kappa shape index (κ2) is 11.4. The van der Waals surface area contributed by atoms with Crippen molar-refractivity contribution >= 4 is 40.7 Å². The third-order valence-electron chi connectivity index (χ3n) is 6.20. The molecule has 0 saturated carbocycles. The summed E-state index contributed by atoms with van der Waals surface area (Å²) in [6.45, 7) is 3.26. The van der Waals surface area contributed by atoms with Crippen molar-refractivity contribution in [2.75, 3.05) is 27.2 Å². The minimum Gasteiger partial charge on any atom is -0.507 e. The number of rotatable bonds is 8. The number of ketones is 1. The summed E-state index contributed by atoms with van der Waals surface area (Å²) < 4.78 is 5.87. The number of likely N-dealkylation sites (N-methyl/N-ethyl adjacent to an activating group) is 1. The van der Waals surface area contributed by atoms with E-state index in [-0.39, 0.29) is 11.3 Å². The number of benzene rings is 3. The third-order valence-corrected chi connectivity index (χ3v) is 6.94. The molecule has 1 amide bonds. The first kappa shape index (κ1) is 26.7. The zero-order valence-electron chi connectivity index (χ0n) is 20.9. The number of halogens is 2. The first-order chi connectivity index (χ1) is 17.7. The molecule has 1 saturated heterocycles. The van der Waals surface area contributed by atoms with Crippen molar-refractivity contribution in [2.45, 2.75) is 19.6 Å². The molecule has 3 aromatic rings. The van der Waals surface area contributed by atoms with E-state index >= 15 is 0 Å². The molecule has 0 aromatic heterocycles. The first-order valence-corrected chi connectivity index (χ1v) is 12.6. The van der Waals surface area contributed by atoms with Gasteiger partial charge in [0.25, 0.3) is 11.7 Å². The Morgan fingerprint density at radius 1 is 1.00 bits per heavy atom. The molecule has 3 aromatic carbocycles. The first-order valence-electron chi connectivity index (χ1n) is 11.8. The van der Waals surface area contributed by atoms with Crippen LogP contribution in [0.5, 0.6) is 5.75 Å². The van der Waals surface area contributed by atoms with Crippen LogP contribution in [-0.2, 0) is 16.2 Å². The largest absolute Gasteiger partial charge is 0.507 e. The molecule has 0 unspecified atom stereocenters. The van der Waals surface area contributed by atoms with E-state index in [2.05, 4.69) is 6.07 Å². The Hall–Kier alpha value is -3.32. The summed E-state index contributed by atoms with van der Waals surface area (Å²) in [7, 11) is 3.76. The van der Waals surface area contributed by atoms with Gasteiger partial charge >= 0.3 is 0 Å². The highest BCUT2D eigenvalue weighted by Gasteiger charge is 2.46. The van der Waals surface area contributed by atoms with Crippen molar-refractivity contribution in [3.8, 4) is 5.75 Å². The SMILES string of the molecule is Cc1cccc(COc2ccc(C(O)=C3C(=O)C(=O)N(CCN(C)C)[C@@H]3c3ccc(Cl)c(Cl)c3)cc2)c1. The summed E-state index contributed by atoms with van der Waals surface area (Å²) in [6.07, 6.45) is 0. The van der Waals surface area contributed by atoms with Gasteiger partial charge in [0.2, 0.25) is 0 Å². The molecule has 1 N–H and O–H groups in total.